The molecule has 3 heterocycles. The molecule has 1 aliphatic heterocycles. The van der Waals surface area contributed by atoms with Crippen LogP contribution in [0.1, 0.15) is 29.1 Å². The Morgan fingerprint density at radius 3 is 2.92 bits per heavy atom. The fourth-order valence-electron chi connectivity index (χ4n) is 2.90. The Balaban J connectivity index is 1.49. The highest BCUT2D eigenvalue weighted by atomic mass is 16.5. The molecule has 2 aromatic rings. The lowest BCUT2D eigenvalue weighted by molar-refractivity contribution is -0.134. The van der Waals surface area contributed by atoms with Crippen molar-refractivity contribution in [3.05, 3.63) is 52.3 Å². The number of hydrogen-bond acceptors (Lipinski definition) is 6. The average Bonchev–Trinajstić information content (AvgIpc) is 3.07. The number of carbonyl (C=O) groups excluding carboxylic acids is 2. The molecule has 3 N–H and O–H groups in total. The first kappa shape index (κ1) is 17.9. The van der Waals surface area contributed by atoms with E-state index in [2.05, 4.69) is 15.5 Å². The molecule has 3 rings (SSSR count). The number of aliphatic hydroxyl groups excluding tert-OH is 1. The molecule has 0 bridgehead atoms. The second kappa shape index (κ2) is 7.96. The Bertz CT molecular complexity index is 816. The molecule has 0 aromatic carbocycles. The number of aliphatic hydroxyl groups is 1. The number of nitrogens with zero attached hydrogens (tertiary/aromatic N) is 2. The summed E-state index contributed by atoms with van der Waals surface area (Å²) >= 11 is 0. The number of nitrogens with one attached hydrogen (secondary N) is 2. The highest BCUT2D eigenvalue weighted by Gasteiger charge is 2.31. The maximum Gasteiger partial charge on any atom is 0.280 e. The van der Waals surface area contributed by atoms with Gasteiger partial charge < -0.3 is 19.8 Å². The molecule has 0 radical (unpaired) electrons. The van der Waals surface area contributed by atoms with E-state index in [4.69, 9.17) is 4.52 Å². The van der Waals surface area contributed by atoms with Crippen LogP contribution in [0.5, 0.6) is 0 Å². The molecule has 0 unspecified atom stereocenters. The van der Waals surface area contributed by atoms with Gasteiger partial charge in [0.1, 0.15) is 11.5 Å². The monoisotopic (exact) mass is 360 g/mol. The molecular weight excluding hydrogens is 340 g/mol. The topological polar surface area (TPSA) is 129 Å². The van der Waals surface area contributed by atoms with Crippen LogP contribution in [-0.4, -0.2) is 57.2 Å². The summed E-state index contributed by atoms with van der Waals surface area (Å²) in [5.74, 6) is -0.0688. The fourth-order valence-corrected chi connectivity index (χ4v) is 2.90. The normalized spacial score (nSPS) is 20.0. The number of aromatic amines is 1. The van der Waals surface area contributed by atoms with Crippen molar-refractivity contribution in [1.82, 2.24) is 20.4 Å². The van der Waals surface area contributed by atoms with Crippen LogP contribution < -0.4 is 10.9 Å². The maximum absolute atomic E-state index is 12.3. The highest BCUT2D eigenvalue weighted by Crippen LogP contribution is 2.14. The molecule has 9 nitrogen and oxygen atoms in total. The van der Waals surface area contributed by atoms with Crippen molar-refractivity contribution in [1.29, 1.82) is 0 Å². The minimum absolute atomic E-state index is 0.137. The van der Waals surface area contributed by atoms with Gasteiger partial charge in [0.05, 0.1) is 12.1 Å². The number of aromatic nitrogens is 2. The number of rotatable bonds is 5. The Kier molecular flexibility index (Phi) is 5.47. The number of likely N-dealkylation sites (tertiary alicyclic amines) is 1. The molecule has 138 valence electrons. The van der Waals surface area contributed by atoms with E-state index < -0.39 is 12.1 Å². The van der Waals surface area contributed by atoms with Gasteiger partial charge in [-0.25, -0.2) is 0 Å². The SMILES string of the molecule is O=C(N[C@@H]1CCN(C(=O)CCc2cc(=O)[nH]o2)C[C@H]1O)c1ccccn1. The van der Waals surface area contributed by atoms with Crippen LogP contribution in [0.3, 0.4) is 0 Å². The van der Waals surface area contributed by atoms with Crippen molar-refractivity contribution in [3.63, 3.8) is 0 Å². The minimum atomic E-state index is -0.856. The van der Waals surface area contributed by atoms with Crippen molar-refractivity contribution in [3.8, 4) is 0 Å². The Hall–Kier alpha value is -2.94. The molecule has 1 saturated heterocycles. The van der Waals surface area contributed by atoms with Gasteiger partial charge >= 0.3 is 0 Å². The first-order valence-electron chi connectivity index (χ1n) is 8.38. The summed E-state index contributed by atoms with van der Waals surface area (Å²) in [5.41, 5.74) is -0.0569. The van der Waals surface area contributed by atoms with Crippen LogP contribution in [0.25, 0.3) is 0 Å². The highest BCUT2D eigenvalue weighted by molar-refractivity contribution is 5.92. The Morgan fingerprint density at radius 2 is 2.27 bits per heavy atom. The van der Waals surface area contributed by atoms with Gasteiger partial charge in [0.2, 0.25) is 5.91 Å². The zero-order chi connectivity index (χ0) is 18.5. The summed E-state index contributed by atoms with van der Waals surface area (Å²) in [6.45, 7) is 0.573. The van der Waals surface area contributed by atoms with Gasteiger partial charge in [-0.15, -0.1) is 0 Å². The van der Waals surface area contributed by atoms with Crippen molar-refractivity contribution in [2.45, 2.75) is 31.4 Å². The van der Waals surface area contributed by atoms with Crippen LogP contribution in [0.2, 0.25) is 0 Å². The van der Waals surface area contributed by atoms with Gasteiger partial charge in [-0.3, -0.25) is 19.4 Å². The van der Waals surface area contributed by atoms with E-state index in [0.29, 0.717) is 25.1 Å². The van der Waals surface area contributed by atoms with Crippen molar-refractivity contribution >= 4 is 11.8 Å². The number of H-pyrrole nitrogens is 1. The number of aryl methyl sites for hydroxylation is 1. The summed E-state index contributed by atoms with van der Waals surface area (Å²) in [5, 5.41) is 15.2. The van der Waals surface area contributed by atoms with Crippen molar-refractivity contribution in [2.24, 2.45) is 0 Å². The smallest absolute Gasteiger partial charge is 0.280 e. The molecule has 2 amide bonds. The summed E-state index contributed by atoms with van der Waals surface area (Å²) in [6.07, 6.45) is 1.61. The molecule has 26 heavy (non-hydrogen) atoms. The lowest BCUT2D eigenvalue weighted by Gasteiger charge is -2.36. The number of hydrogen-bond donors (Lipinski definition) is 3. The van der Waals surface area contributed by atoms with Gasteiger partial charge in [-0.1, -0.05) is 6.07 Å². The van der Waals surface area contributed by atoms with E-state index in [1.807, 2.05) is 0 Å². The van der Waals surface area contributed by atoms with Crippen LogP contribution >= 0.6 is 0 Å². The van der Waals surface area contributed by atoms with Crippen LogP contribution in [0, 0.1) is 0 Å². The lowest BCUT2D eigenvalue weighted by Crippen LogP contribution is -2.55. The zero-order valence-electron chi connectivity index (χ0n) is 14.1. The Labute approximate surface area is 149 Å². The average molecular weight is 360 g/mol. The lowest BCUT2D eigenvalue weighted by atomic mass is 10.0. The molecule has 9 heteroatoms. The quantitative estimate of drug-likeness (QED) is 0.671. The van der Waals surface area contributed by atoms with Crippen LogP contribution in [0.4, 0.5) is 0 Å². The summed E-state index contributed by atoms with van der Waals surface area (Å²) in [7, 11) is 0. The van der Waals surface area contributed by atoms with E-state index in [1.165, 1.54) is 12.3 Å². The van der Waals surface area contributed by atoms with Gasteiger partial charge in [0.25, 0.3) is 11.5 Å². The first-order valence-corrected chi connectivity index (χ1v) is 8.38. The molecule has 1 aliphatic rings. The van der Waals surface area contributed by atoms with E-state index in [0.717, 1.165) is 0 Å². The molecule has 2 atom stereocenters. The molecule has 0 aliphatic carbocycles. The van der Waals surface area contributed by atoms with E-state index in [1.54, 1.807) is 23.1 Å². The van der Waals surface area contributed by atoms with Gasteiger partial charge in [-0.2, -0.15) is 5.16 Å². The number of amides is 2. The predicted octanol–water partition coefficient (Wildman–Crippen LogP) is -0.313. The van der Waals surface area contributed by atoms with E-state index >= 15 is 0 Å². The molecule has 0 spiro atoms. The molecular formula is C17H20N4O5. The third kappa shape index (κ3) is 4.37. The van der Waals surface area contributed by atoms with Crippen LogP contribution in [0.15, 0.2) is 39.8 Å². The van der Waals surface area contributed by atoms with Crippen molar-refractivity contribution < 1.29 is 19.2 Å². The molecule has 1 fully saturated rings. The standard InChI is InChI=1S/C17H20N4O5/c22-14-10-21(16(24)5-4-11-9-15(23)20-26-11)8-6-12(14)19-17(25)13-3-1-2-7-18-13/h1-3,7,9,12,14,22H,4-6,8,10H2,(H,19,25)(H,20,23)/t12-,14-/m1/s1. The number of pyridine rings is 1. The molecule has 2 aromatic heterocycles. The Morgan fingerprint density at radius 1 is 1.42 bits per heavy atom. The van der Waals surface area contributed by atoms with E-state index in [-0.39, 0.29) is 36.0 Å². The van der Waals surface area contributed by atoms with Gasteiger partial charge in [-0.05, 0) is 18.6 Å². The maximum atomic E-state index is 12.3. The minimum Gasteiger partial charge on any atom is -0.389 e. The first-order chi connectivity index (χ1) is 12.5. The number of piperidine rings is 1. The third-order valence-electron chi connectivity index (χ3n) is 4.31. The molecule has 0 saturated carbocycles. The van der Waals surface area contributed by atoms with E-state index in [9.17, 15) is 19.5 Å². The summed E-state index contributed by atoms with van der Waals surface area (Å²) < 4.78 is 4.91. The second-order valence-electron chi connectivity index (χ2n) is 6.17. The third-order valence-corrected chi connectivity index (χ3v) is 4.31. The van der Waals surface area contributed by atoms with Gasteiger partial charge in [0, 0.05) is 38.2 Å². The summed E-state index contributed by atoms with van der Waals surface area (Å²) in [4.78, 5) is 40.9. The number of carbonyl (C=O) groups is 2. The van der Waals surface area contributed by atoms with Crippen molar-refractivity contribution in [2.75, 3.05) is 13.1 Å². The second-order valence-corrected chi connectivity index (χ2v) is 6.17. The fraction of sp³-hybridized carbons (Fsp3) is 0.412. The predicted molar refractivity (Wildman–Crippen MR) is 90.3 cm³/mol. The van der Waals surface area contributed by atoms with Gasteiger partial charge in [0.15, 0.2) is 0 Å². The zero-order valence-corrected chi connectivity index (χ0v) is 14.1. The largest absolute Gasteiger partial charge is 0.389 e. The number of β-amino-alcohol motifs (C(OH)–C–C–N with tert-alkyl or cyclic N) is 1. The van der Waals surface area contributed by atoms with Crippen LogP contribution in [-0.2, 0) is 11.2 Å². The summed E-state index contributed by atoms with van der Waals surface area (Å²) in [6, 6.07) is 5.90.